The first-order valence-electron chi connectivity index (χ1n) is 9.89. The van der Waals surface area contributed by atoms with E-state index in [0.29, 0.717) is 43.5 Å². The number of rotatable bonds is 4. The molecule has 1 aromatic heterocycles. The Morgan fingerprint density at radius 3 is 2.50 bits per heavy atom. The molecule has 160 valence electrons. The SMILES string of the molecule is COC(=O)c1ccc2c3c4c(c(-c5ccccc5Cl)cc3n(CCO)c2c1)C(=O)NC4=O. The summed E-state index contributed by atoms with van der Waals surface area (Å²) in [7, 11) is 1.30. The van der Waals surface area contributed by atoms with Crippen LogP contribution in [0, 0.1) is 0 Å². The van der Waals surface area contributed by atoms with Gasteiger partial charge in [-0.1, -0.05) is 35.9 Å². The standard InChI is InChI=1S/C24H17ClN2O5/c1-32-24(31)12-6-7-14-17(10-12)27(8-9-28)18-11-15(13-4-2-3-5-16(13)25)20-21(19(14)18)23(30)26-22(20)29/h2-7,10-11,28H,8-9H2,1H3,(H,26,29,30). The number of carbonyl (C=O) groups excluding carboxylic acids is 3. The van der Waals surface area contributed by atoms with Crippen LogP contribution in [0.3, 0.4) is 0 Å². The van der Waals surface area contributed by atoms with Crippen molar-refractivity contribution in [1.29, 1.82) is 0 Å². The van der Waals surface area contributed by atoms with Crippen molar-refractivity contribution in [2.75, 3.05) is 13.7 Å². The van der Waals surface area contributed by atoms with E-state index in [9.17, 15) is 19.5 Å². The van der Waals surface area contributed by atoms with E-state index >= 15 is 0 Å². The third-order valence-electron chi connectivity index (χ3n) is 5.75. The number of ether oxygens (including phenoxy) is 1. The number of aromatic nitrogens is 1. The molecule has 2 amide bonds. The van der Waals surface area contributed by atoms with Crippen molar-refractivity contribution in [3.8, 4) is 11.1 Å². The zero-order chi connectivity index (χ0) is 22.6. The van der Waals surface area contributed by atoms with Gasteiger partial charge in [0.05, 0.1) is 41.4 Å². The third-order valence-corrected chi connectivity index (χ3v) is 6.07. The third kappa shape index (κ3) is 2.82. The number of aliphatic hydroxyl groups is 1. The summed E-state index contributed by atoms with van der Waals surface area (Å²) in [6.07, 6.45) is 0. The number of esters is 1. The molecule has 5 rings (SSSR count). The van der Waals surface area contributed by atoms with E-state index < -0.39 is 17.8 Å². The average molecular weight is 449 g/mol. The minimum atomic E-state index is -0.498. The first-order chi connectivity index (χ1) is 15.5. The van der Waals surface area contributed by atoms with Gasteiger partial charge in [0.25, 0.3) is 11.8 Å². The summed E-state index contributed by atoms with van der Waals surface area (Å²) in [5.41, 5.74) is 3.29. The molecule has 1 aliphatic rings. The highest BCUT2D eigenvalue weighted by molar-refractivity contribution is 6.36. The second-order valence-corrected chi connectivity index (χ2v) is 7.84. The van der Waals surface area contributed by atoms with Crippen molar-refractivity contribution in [2.45, 2.75) is 6.54 Å². The van der Waals surface area contributed by atoms with Gasteiger partial charge in [-0.25, -0.2) is 4.79 Å². The van der Waals surface area contributed by atoms with E-state index in [1.165, 1.54) is 7.11 Å². The number of amides is 2. The summed E-state index contributed by atoms with van der Waals surface area (Å²) in [5, 5.41) is 13.8. The molecule has 2 N–H and O–H groups in total. The van der Waals surface area contributed by atoms with E-state index in [0.717, 1.165) is 0 Å². The van der Waals surface area contributed by atoms with Gasteiger partial charge in [0, 0.05) is 27.9 Å². The molecule has 0 saturated carbocycles. The average Bonchev–Trinajstić information content (AvgIpc) is 3.26. The van der Waals surface area contributed by atoms with Gasteiger partial charge in [-0.2, -0.15) is 0 Å². The number of hydrogen-bond acceptors (Lipinski definition) is 5. The fourth-order valence-electron chi connectivity index (χ4n) is 4.42. The molecule has 32 heavy (non-hydrogen) atoms. The minimum Gasteiger partial charge on any atom is -0.465 e. The number of nitrogens with zero attached hydrogens (tertiary/aromatic N) is 1. The second-order valence-electron chi connectivity index (χ2n) is 7.43. The Labute approximate surface area is 187 Å². The zero-order valence-corrected chi connectivity index (χ0v) is 17.7. The van der Waals surface area contributed by atoms with Crippen molar-refractivity contribution < 1.29 is 24.2 Å². The molecule has 0 fully saturated rings. The fourth-order valence-corrected chi connectivity index (χ4v) is 4.66. The Balaban J connectivity index is 1.97. The predicted octanol–water partition coefficient (Wildman–Crippen LogP) is 3.78. The number of hydrogen-bond donors (Lipinski definition) is 2. The number of carbonyl (C=O) groups is 3. The Bertz CT molecular complexity index is 1470. The molecule has 0 bridgehead atoms. The minimum absolute atomic E-state index is 0.162. The monoisotopic (exact) mass is 448 g/mol. The molecule has 0 saturated heterocycles. The van der Waals surface area contributed by atoms with E-state index in [1.54, 1.807) is 48.5 Å². The van der Waals surface area contributed by atoms with E-state index in [4.69, 9.17) is 16.3 Å². The highest BCUT2D eigenvalue weighted by Crippen LogP contribution is 2.42. The van der Waals surface area contributed by atoms with Crippen LogP contribution in [0.4, 0.5) is 0 Å². The highest BCUT2D eigenvalue weighted by Gasteiger charge is 2.35. The van der Waals surface area contributed by atoms with Crippen molar-refractivity contribution in [3.05, 3.63) is 70.2 Å². The normalized spacial score (nSPS) is 13.0. The van der Waals surface area contributed by atoms with Gasteiger partial charge in [0.1, 0.15) is 0 Å². The molecule has 3 aromatic carbocycles. The van der Waals surface area contributed by atoms with Gasteiger partial charge >= 0.3 is 5.97 Å². The van der Waals surface area contributed by atoms with E-state index in [1.807, 2.05) is 4.57 Å². The highest BCUT2D eigenvalue weighted by atomic mass is 35.5. The molecule has 0 unspecified atom stereocenters. The molecule has 0 aliphatic carbocycles. The first-order valence-corrected chi connectivity index (χ1v) is 10.3. The molecular formula is C24H17ClN2O5. The summed E-state index contributed by atoms with van der Waals surface area (Å²) in [5.74, 6) is -1.48. The Morgan fingerprint density at radius 1 is 1.03 bits per heavy atom. The van der Waals surface area contributed by atoms with Crippen LogP contribution < -0.4 is 5.32 Å². The van der Waals surface area contributed by atoms with Crippen LogP contribution in [0.2, 0.25) is 5.02 Å². The number of fused-ring (bicyclic) bond motifs is 5. The Kier molecular flexibility index (Phi) is 4.73. The maximum absolute atomic E-state index is 12.9. The molecule has 0 spiro atoms. The lowest BCUT2D eigenvalue weighted by Crippen LogP contribution is -2.20. The van der Waals surface area contributed by atoms with Crippen molar-refractivity contribution in [1.82, 2.24) is 9.88 Å². The van der Waals surface area contributed by atoms with Crippen LogP contribution in [0.5, 0.6) is 0 Å². The largest absolute Gasteiger partial charge is 0.465 e. The van der Waals surface area contributed by atoms with Crippen LogP contribution >= 0.6 is 11.6 Å². The van der Waals surface area contributed by atoms with Crippen molar-refractivity contribution >= 4 is 51.2 Å². The number of nitrogens with one attached hydrogen (secondary N) is 1. The number of imide groups is 1. The van der Waals surface area contributed by atoms with E-state index in [2.05, 4.69) is 5.32 Å². The quantitative estimate of drug-likeness (QED) is 0.366. The Hall–Kier alpha value is -3.68. The molecular weight excluding hydrogens is 432 g/mol. The lowest BCUT2D eigenvalue weighted by atomic mass is 9.93. The van der Waals surface area contributed by atoms with Crippen LogP contribution in [0.1, 0.15) is 31.1 Å². The number of benzene rings is 3. The van der Waals surface area contributed by atoms with Gasteiger partial charge in [0.2, 0.25) is 0 Å². The van der Waals surface area contributed by atoms with Crippen LogP contribution in [-0.2, 0) is 11.3 Å². The second kappa shape index (κ2) is 7.47. The molecule has 7 nitrogen and oxygen atoms in total. The van der Waals surface area contributed by atoms with Crippen LogP contribution in [0.15, 0.2) is 48.5 Å². The Morgan fingerprint density at radius 2 is 1.78 bits per heavy atom. The fraction of sp³-hybridized carbons (Fsp3) is 0.125. The topological polar surface area (TPSA) is 97.6 Å². The summed E-state index contributed by atoms with van der Waals surface area (Å²) in [6, 6.07) is 13.9. The van der Waals surface area contributed by atoms with E-state index in [-0.39, 0.29) is 24.3 Å². The molecule has 0 atom stereocenters. The van der Waals surface area contributed by atoms with Crippen LogP contribution in [-0.4, -0.2) is 41.2 Å². The molecule has 2 heterocycles. The molecule has 0 radical (unpaired) electrons. The first kappa shape index (κ1) is 20.2. The molecule has 4 aromatic rings. The molecule has 8 heteroatoms. The van der Waals surface area contributed by atoms with Gasteiger partial charge in [0.15, 0.2) is 0 Å². The lowest BCUT2D eigenvalue weighted by Gasteiger charge is -2.11. The van der Waals surface area contributed by atoms with Crippen molar-refractivity contribution in [3.63, 3.8) is 0 Å². The molecule has 1 aliphatic heterocycles. The van der Waals surface area contributed by atoms with Gasteiger partial charge in [-0.15, -0.1) is 0 Å². The van der Waals surface area contributed by atoms with Gasteiger partial charge < -0.3 is 14.4 Å². The number of halogens is 1. The summed E-state index contributed by atoms with van der Waals surface area (Å²) < 4.78 is 6.66. The van der Waals surface area contributed by atoms with Crippen LogP contribution in [0.25, 0.3) is 32.9 Å². The van der Waals surface area contributed by atoms with Gasteiger partial charge in [-0.05, 0) is 29.8 Å². The zero-order valence-electron chi connectivity index (χ0n) is 16.9. The summed E-state index contributed by atoms with van der Waals surface area (Å²) in [6.45, 7) is 0.0614. The summed E-state index contributed by atoms with van der Waals surface area (Å²) >= 11 is 6.43. The smallest absolute Gasteiger partial charge is 0.337 e. The lowest BCUT2D eigenvalue weighted by molar-refractivity contribution is 0.0600. The number of aliphatic hydroxyl groups excluding tert-OH is 1. The predicted molar refractivity (Wildman–Crippen MR) is 120 cm³/mol. The maximum Gasteiger partial charge on any atom is 0.337 e. The van der Waals surface area contributed by atoms with Gasteiger partial charge in [-0.3, -0.25) is 14.9 Å². The maximum atomic E-state index is 12.9. The number of methoxy groups -OCH3 is 1. The summed E-state index contributed by atoms with van der Waals surface area (Å²) in [4.78, 5) is 37.8. The van der Waals surface area contributed by atoms with Crippen molar-refractivity contribution in [2.24, 2.45) is 0 Å².